The highest BCUT2D eigenvalue weighted by molar-refractivity contribution is 7.87. The maximum Gasteiger partial charge on any atom is 0.460 e. The van der Waals surface area contributed by atoms with Gasteiger partial charge in [-0.05, 0) is 12.8 Å². The van der Waals surface area contributed by atoms with Crippen molar-refractivity contribution in [1.82, 2.24) is 0 Å². The molecular weight excluding hydrogens is 359 g/mol. The Morgan fingerprint density at radius 1 is 0.773 bits per heavy atom. The van der Waals surface area contributed by atoms with Gasteiger partial charge in [0.05, 0.1) is 6.10 Å². The van der Waals surface area contributed by atoms with Crippen molar-refractivity contribution in [2.75, 3.05) is 0 Å². The molecule has 3 nitrogen and oxygen atoms in total. The predicted octanol–water partition coefficient (Wildman–Crippen LogP) is 3.70. The van der Waals surface area contributed by atoms with E-state index < -0.39 is 39.5 Å². The molecule has 22 heavy (non-hydrogen) atoms. The van der Waals surface area contributed by atoms with E-state index in [4.69, 9.17) is 0 Å². The van der Waals surface area contributed by atoms with E-state index in [-0.39, 0.29) is 12.8 Å². The molecule has 1 fully saturated rings. The molecule has 0 amide bonds. The van der Waals surface area contributed by atoms with Gasteiger partial charge in [-0.25, -0.2) is 0 Å². The van der Waals surface area contributed by atoms with Crippen LogP contribution in [0.5, 0.6) is 0 Å². The van der Waals surface area contributed by atoms with Crippen molar-refractivity contribution in [2.45, 2.75) is 55.1 Å². The second kappa shape index (κ2) is 5.42. The highest BCUT2D eigenvalue weighted by atomic mass is 32.2. The standard InChI is InChI=1S/C9H9F9O3S/c10-6(11,8(14,15)16)7(12,13)9(17,18)22(19,20)21-5-3-1-2-4-5/h5H,1-4H2. The number of halogens is 9. The van der Waals surface area contributed by atoms with Gasteiger partial charge in [-0.2, -0.15) is 47.9 Å². The third-order valence-corrected chi connectivity index (χ3v) is 4.40. The van der Waals surface area contributed by atoms with Gasteiger partial charge in [0.15, 0.2) is 0 Å². The highest BCUT2D eigenvalue weighted by Gasteiger charge is 2.85. The third-order valence-electron chi connectivity index (χ3n) is 2.99. The second-order valence-electron chi connectivity index (χ2n) is 4.62. The van der Waals surface area contributed by atoms with Crippen LogP contribution in [0, 0.1) is 0 Å². The van der Waals surface area contributed by atoms with Gasteiger partial charge in [0.2, 0.25) is 0 Å². The van der Waals surface area contributed by atoms with Crippen molar-refractivity contribution >= 4 is 10.1 Å². The average molecular weight is 368 g/mol. The smallest absolute Gasteiger partial charge is 0.262 e. The van der Waals surface area contributed by atoms with Crippen LogP contribution in [0.15, 0.2) is 0 Å². The first kappa shape index (κ1) is 19.3. The normalized spacial score (nSPS) is 19.7. The topological polar surface area (TPSA) is 43.4 Å². The second-order valence-corrected chi connectivity index (χ2v) is 6.23. The average Bonchev–Trinajstić information content (AvgIpc) is 2.78. The summed E-state index contributed by atoms with van der Waals surface area (Å²) < 4.78 is 139. The Morgan fingerprint density at radius 2 is 1.18 bits per heavy atom. The number of hydrogen-bond donors (Lipinski definition) is 0. The Kier molecular flexibility index (Phi) is 4.77. The molecule has 132 valence electrons. The molecule has 1 rings (SSSR count). The molecule has 0 atom stereocenters. The summed E-state index contributed by atoms with van der Waals surface area (Å²) >= 11 is 0. The molecule has 0 aliphatic heterocycles. The molecule has 0 N–H and O–H groups in total. The SMILES string of the molecule is O=S(=O)(OC1CCCC1)C(F)(F)C(F)(F)C(F)(F)C(F)(F)F. The van der Waals surface area contributed by atoms with Crippen LogP contribution in [0.4, 0.5) is 39.5 Å². The molecular formula is C9H9F9O3S. The van der Waals surface area contributed by atoms with Gasteiger partial charge < -0.3 is 0 Å². The van der Waals surface area contributed by atoms with E-state index in [1.807, 2.05) is 0 Å². The first-order chi connectivity index (χ1) is 9.58. The van der Waals surface area contributed by atoms with Crippen LogP contribution in [-0.4, -0.2) is 37.8 Å². The molecule has 0 heterocycles. The summed E-state index contributed by atoms with van der Waals surface area (Å²) in [6, 6.07) is 0. The summed E-state index contributed by atoms with van der Waals surface area (Å²) in [4.78, 5) is 0. The van der Waals surface area contributed by atoms with E-state index in [0.717, 1.165) is 0 Å². The highest BCUT2D eigenvalue weighted by Crippen LogP contribution is 2.55. The van der Waals surface area contributed by atoms with Crippen LogP contribution in [0.25, 0.3) is 0 Å². The van der Waals surface area contributed by atoms with Gasteiger partial charge in [-0.1, -0.05) is 12.8 Å². The van der Waals surface area contributed by atoms with Crippen molar-refractivity contribution in [3.63, 3.8) is 0 Å². The van der Waals surface area contributed by atoms with Crippen molar-refractivity contribution in [1.29, 1.82) is 0 Å². The Balaban J connectivity index is 3.19. The molecule has 13 heteroatoms. The van der Waals surface area contributed by atoms with Crippen molar-refractivity contribution in [3.05, 3.63) is 0 Å². The first-order valence-electron chi connectivity index (χ1n) is 5.71. The van der Waals surface area contributed by atoms with Crippen LogP contribution in [0.2, 0.25) is 0 Å². The minimum atomic E-state index is -7.27. The molecule has 1 aliphatic rings. The maximum absolute atomic E-state index is 13.2. The van der Waals surface area contributed by atoms with Crippen LogP contribution in [0.3, 0.4) is 0 Å². The first-order valence-corrected chi connectivity index (χ1v) is 7.12. The lowest BCUT2D eigenvalue weighted by molar-refractivity contribution is -0.382. The lowest BCUT2D eigenvalue weighted by atomic mass is 10.1. The van der Waals surface area contributed by atoms with E-state index in [1.165, 1.54) is 0 Å². The molecule has 0 aromatic heterocycles. The fourth-order valence-electron chi connectivity index (χ4n) is 1.74. The summed E-state index contributed by atoms with van der Waals surface area (Å²) in [5.41, 5.74) is 0. The quantitative estimate of drug-likeness (QED) is 0.549. The van der Waals surface area contributed by atoms with E-state index in [1.54, 1.807) is 0 Å². The minimum Gasteiger partial charge on any atom is -0.262 e. The molecule has 0 bridgehead atoms. The molecule has 0 spiro atoms. The van der Waals surface area contributed by atoms with Gasteiger partial charge >= 0.3 is 33.4 Å². The predicted molar refractivity (Wildman–Crippen MR) is 53.2 cm³/mol. The molecule has 0 radical (unpaired) electrons. The van der Waals surface area contributed by atoms with Crippen molar-refractivity contribution < 1.29 is 52.1 Å². The summed E-state index contributed by atoms with van der Waals surface area (Å²) in [5, 5.41) is -6.76. The molecule has 1 saturated carbocycles. The lowest BCUT2D eigenvalue weighted by Crippen LogP contribution is -2.63. The van der Waals surface area contributed by atoms with Gasteiger partial charge in [-0.15, -0.1) is 0 Å². The monoisotopic (exact) mass is 368 g/mol. The van der Waals surface area contributed by atoms with E-state index >= 15 is 0 Å². The van der Waals surface area contributed by atoms with Crippen LogP contribution >= 0.6 is 0 Å². The van der Waals surface area contributed by atoms with Gasteiger partial charge in [0.25, 0.3) is 0 Å². The maximum atomic E-state index is 13.2. The number of rotatable bonds is 5. The largest absolute Gasteiger partial charge is 0.460 e. The third kappa shape index (κ3) is 2.88. The zero-order valence-corrected chi connectivity index (χ0v) is 11.3. The zero-order chi connectivity index (χ0) is 17.6. The summed E-state index contributed by atoms with van der Waals surface area (Å²) in [5.74, 6) is -14.5. The number of hydrogen-bond acceptors (Lipinski definition) is 3. The van der Waals surface area contributed by atoms with E-state index in [2.05, 4.69) is 4.18 Å². The van der Waals surface area contributed by atoms with Crippen molar-refractivity contribution in [3.8, 4) is 0 Å². The van der Waals surface area contributed by atoms with Crippen LogP contribution < -0.4 is 0 Å². The fourth-order valence-corrected chi connectivity index (χ4v) is 2.86. The fraction of sp³-hybridized carbons (Fsp3) is 1.00. The van der Waals surface area contributed by atoms with Crippen LogP contribution in [-0.2, 0) is 14.3 Å². The lowest BCUT2D eigenvalue weighted by Gasteiger charge is -2.33. The molecule has 0 saturated heterocycles. The summed E-state index contributed by atoms with van der Waals surface area (Å²) in [7, 11) is -6.71. The van der Waals surface area contributed by atoms with Crippen molar-refractivity contribution in [2.24, 2.45) is 0 Å². The minimum absolute atomic E-state index is 0.128. The number of alkyl halides is 9. The molecule has 0 aromatic carbocycles. The Morgan fingerprint density at radius 3 is 1.55 bits per heavy atom. The van der Waals surface area contributed by atoms with Gasteiger partial charge in [-0.3, -0.25) is 4.18 Å². The molecule has 0 unspecified atom stereocenters. The Bertz CT molecular complexity index is 505. The van der Waals surface area contributed by atoms with E-state index in [9.17, 15) is 47.9 Å². The summed E-state index contributed by atoms with van der Waals surface area (Å²) in [6.45, 7) is 0. The molecule has 0 aromatic rings. The van der Waals surface area contributed by atoms with Gasteiger partial charge in [0.1, 0.15) is 0 Å². The Labute approximate surface area is 118 Å². The van der Waals surface area contributed by atoms with E-state index in [0.29, 0.717) is 12.8 Å². The zero-order valence-electron chi connectivity index (χ0n) is 10.4. The molecule has 1 aliphatic carbocycles. The van der Waals surface area contributed by atoms with Gasteiger partial charge in [0, 0.05) is 0 Å². The Hall–Kier alpha value is -0.720. The van der Waals surface area contributed by atoms with Crippen LogP contribution in [0.1, 0.15) is 25.7 Å². The summed E-state index contributed by atoms with van der Waals surface area (Å²) in [6.07, 6.45) is -8.19.